The Morgan fingerprint density at radius 1 is 1.03 bits per heavy atom. The van der Waals surface area contributed by atoms with Crippen molar-refractivity contribution in [2.75, 3.05) is 40.9 Å². The molecule has 0 spiro atoms. The van der Waals surface area contributed by atoms with Crippen LogP contribution in [0.25, 0.3) is 5.76 Å². The first-order chi connectivity index (χ1) is 18.0. The molecule has 1 heterocycles. The lowest BCUT2D eigenvalue weighted by molar-refractivity contribution is -0.140. The molecule has 0 bridgehead atoms. The monoisotopic (exact) mass is 524 g/mol. The zero-order chi connectivity index (χ0) is 28.0. The van der Waals surface area contributed by atoms with Gasteiger partial charge in [-0.2, -0.15) is 0 Å². The van der Waals surface area contributed by atoms with Crippen LogP contribution >= 0.6 is 0 Å². The molecule has 1 N–H and O–H groups in total. The number of carbonyl (C=O) groups is 2. The SMILES string of the molecule is COc1cc(C2/C(=C(\O)c3ccc(OC(C)C)cc3)C(=O)C(=O)N2CCN(C)C)ccc1OCCC(C)C. The number of hydrogen-bond acceptors (Lipinski definition) is 7. The Morgan fingerprint density at radius 3 is 2.29 bits per heavy atom. The minimum absolute atomic E-state index is 0.00349. The smallest absolute Gasteiger partial charge is 0.295 e. The van der Waals surface area contributed by atoms with Crippen molar-refractivity contribution in [2.24, 2.45) is 5.92 Å². The van der Waals surface area contributed by atoms with Gasteiger partial charge in [-0.25, -0.2) is 0 Å². The molecule has 2 aromatic carbocycles. The lowest BCUT2D eigenvalue weighted by Crippen LogP contribution is -2.35. The van der Waals surface area contributed by atoms with E-state index in [4.69, 9.17) is 14.2 Å². The van der Waals surface area contributed by atoms with Crippen molar-refractivity contribution in [3.8, 4) is 17.2 Å². The third-order valence-electron chi connectivity index (χ3n) is 6.28. The number of benzene rings is 2. The van der Waals surface area contributed by atoms with E-state index in [9.17, 15) is 14.7 Å². The number of likely N-dealkylation sites (tertiary alicyclic amines) is 1. The van der Waals surface area contributed by atoms with E-state index in [2.05, 4.69) is 13.8 Å². The van der Waals surface area contributed by atoms with Crippen LogP contribution < -0.4 is 14.2 Å². The Kier molecular flexibility index (Phi) is 9.80. The molecule has 3 rings (SSSR count). The number of rotatable bonds is 12. The van der Waals surface area contributed by atoms with Crippen molar-refractivity contribution in [1.82, 2.24) is 9.80 Å². The number of Topliss-reactive ketones (excluding diaryl/α,β-unsaturated/α-hetero) is 1. The van der Waals surface area contributed by atoms with Gasteiger partial charge < -0.3 is 29.1 Å². The average Bonchev–Trinajstić information content (AvgIpc) is 3.12. The number of methoxy groups -OCH3 is 1. The predicted molar refractivity (Wildman–Crippen MR) is 148 cm³/mol. The highest BCUT2D eigenvalue weighted by Crippen LogP contribution is 2.42. The molecule has 0 radical (unpaired) electrons. The van der Waals surface area contributed by atoms with E-state index < -0.39 is 17.7 Å². The summed E-state index contributed by atoms with van der Waals surface area (Å²) in [4.78, 5) is 29.9. The van der Waals surface area contributed by atoms with Gasteiger partial charge in [0.1, 0.15) is 11.5 Å². The molecule has 8 nitrogen and oxygen atoms in total. The molecule has 1 atom stereocenters. The lowest BCUT2D eigenvalue weighted by atomic mass is 9.95. The zero-order valence-corrected chi connectivity index (χ0v) is 23.5. The highest BCUT2D eigenvalue weighted by Gasteiger charge is 2.46. The number of carbonyl (C=O) groups excluding carboxylic acids is 2. The number of ether oxygens (including phenoxy) is 3. The Balaban J connectivity index is 2.06. The fourth-order valence-corrected chi connectivity index (χ4v) is 4.26. The first kappa shape index (κ1) is 29.0. The molecular formula is C30H40N2O6. The summed E-state index contributed by atoms with van der Waals surface area (Å²) in [6.07, 6.45) is 0.903. The first-order valence-corrected chi connectivity index (χ1v) is 13.0. The number of amides is 1. The number of hydrogen-bond donors (Lipinski definition) is 1. The molecule has 8 heteroatoms. The summed E-state index contributed by atoms with van der Waals surface area (Å²) < 4.78 is 17.2. The Morgan fingerprint density at radius 2 is 1.71 bits per heavy atom. The topological polar surface area (TPSA) is 88.5 Å². The van der Waals surface area contributed by atoms with Gasteiger partial charge in [0, 0.05) is 18.7 Å². The molecule has 1 fully saturated rings. The molecule has 38 heavy (non-hydrogen) atoms. The summed E-state index contributed by atoms with van der Waals surface area (Å²) in [6.45, 7) is 9.53. The lowest BCUT2D eigenvalue weighted by Gasteiger charge is -2.27. The summed E-state index contributed by atoms with van der Waals surface area (Å²) in [5, 5.41) is 11.3. The molecule has 0 aromatic heterocycles. The minimum atomic E-state index is -0.778. The van der Waals surface area contributed by atoms with Crippen molar-refractivity contribution < 1.29 is 28.9 Å². The predicted octanol–water partition coefficient (Wildman–Crippen LogP) is 4.89. The van der Waals surface area contributed by atoms with E-state index in [1.165, 1.54) is 4.90 Å². The van der Waals surface area contributed by atoms with Crippen LogP contribution in [-0.2, 0) is 9.59 Å². The maximum absolute atomic E-state index is 13.3. The molecular weight excluding hydrogens is 484 g/mol. The van der Waals surface area contributed by atoms with Gasteiger partial charge >= 0.3 is 0 Å². The molecule has 1 saturated heterocycles. The number of aliphatic hydroxyl groups is 1. The summed E-state index contributed by atoms with van der Waals surface area (Å²) in [5.41, 5.74) is 1.12. The molecule has 0 saturated carbocycles. The van der Waals surface area contributed by atoms with Gasteiger partial charge in [-0.1, -0.05) is 19.9 Å². The molecule has 1 unspecified atom stereocenters. The highest BCUT2D eigenvalue weighted by atomic mass is 16.5. The minimum Gasteiger partial charge on any atom is -0.507 e. The quantitative estimate of drug-likeness (QED) is 0.240. The molecule has 0 aliphatic carbocycles. The van der Waals surface area contributed by atoms with Crippen LogP contribution in [0.1, 0.15) is 51.3 Å². The summed E-state index contributed by atoms with van der Waals surface area (Å²) in [5.74, 6) is 0.648. The van der Waals surface area contributed by atoms with Gasteiger partial charge in [0.05, 0.1) is 31.4 Å². The first-order valence-electron chi connectivity index (χ1n) is 13.0. The van der Waals surface area contributed by atoms with E-state index in [1.54, 1.807) is 43.5 Å². The van der Waals surface area contributed by atoms with Crippen LogP contribution in [0.5, 0.6) is 17.2 Å². The van der Waals surface area contributed by atoms with Crippen molar-refractivity contribution >= 4 is 17.4 Å². The van der Waals surface area contributed by atoms with E-state index >= 15 is 0 Å². The molecule has 206 valence electrons. The maximum Gasteiger partial charge on any atom is 0.295 e. The molecule has 2 aromatic rings. The second-order valence-electron chi connectivity index (χ2n) is 10.4. The van der Waals surface area contributed by atoms with Crippen LogP contribution in [0.4, 0.5) is 0 Å². The third kappa shape index (κ3) is 6.86. The van der Waals surface area contributed by atoms with Crippen molar-refractivity contribution in [2.45, 2.75) is 46.3 Å². The average molecular weight is 525 g/mol. The Hall–Kier alpha value is -3.52. The molecule has 1 aliphatic rings. The van der Waals surface area contributed by atoms with Gasteiger partial charge in [0.25, 0.3) is 11.7 Å². The highest BCUT2D eigenvalue weighted by molar-refractivity contribution is 6.46. The number of likely N-dealkylation sites (N-methyl/N-ethyl adjacent to an activating group) is 1. The van der Waals surface area contributed by atoms with Crippen molar-refractivity contribution in [3.63, 3.8) is 0 Å². The van der Waals surface area contributed by atoms with Gasteiger partial charge in [-0.3, -0.25) is 9.59 Å². The summed E-state index contributed by atoms with van der Waals surface area (Å²) >= 11 is 0. The number of ketones is 1. The Labute approximate surface area is 225 Å². The summed E-state index contributed by atoms with van der Waals surface area (Å²) in [7, 11) is 5.36. The van der Waals surface area contributed by atoms with Crippen LogP contribution in [0, 0.1) is 5.92 Å². The summed E-state index contributed by atoms with van der Waals surface area (Å²) in [6, 6.07) is 11.4. The van der Waals surface area contributed by atoms with Gasteiger partial charge in [-0.05, 0) is 82.2 Å². The van der Waals surface area contributed by atoms with Crippen LogP contribution in [0.15, 0.2) is 48.0 Å². The van der Waals surface area contributed by atoms with Crippen molar-refractivity contribution in [3.05, 3.63) is 59.2 Å². The van der Waals surface area contributed by atoms with Crippen LogP contribution in [0.2, 0.25) is 0 Å². The van der Waals surface area contributed by atoms with Gasteiger partial charge in [0.15, 0.2) is 11.5 Å². The third-order valence-corrected chi connectivity index (χ3v) is 6.28. The van der Waals surface area contributed by atoms with E-state index in [1.807, 2.05) is 38.9 Å². The van der Waals surface area contributed by atoms with E-state index in [0.29, 0.717) is 54.0 Å². The van der Waals surface area contributed by atoms with Crippen LogP contribution in [0.3, 0.4) is 0 Å². The van der Waals surface area contributed by atoms with Crippen molar-refractivity contribution in [1.29, 1.82) is 0 Å². The standard InChI is InChI=1S/C30H40N2O6/c1-19(2)14-17-37-24-13-10-22(18-25(24)36-7)27-26(29(34)30(35)32(27)16-15-31(5)6)28(33)21-8-11-23(12-9-21)38-20(3)4/h8-13,18-20,27,33H,14-17H2,1-7H3/b28-26+. The molecule has 1 aliphatic heterocycles. The van der Waals surface area contributed by atoms with Gasteiger partial charge in [-0.15, -0.1) is 0 Å². The maximum atomic E-state index is 13.3. The largest absolute Gasteiger partial charge is 0.507 e. The zero-order valence-electron chi connectivity index (χ0n) is 23.5. The fourth-order valence-electron chi connectivity index (χ4n) is 4.26. The van der Waals surface area contributed by atoms with E-state index in [0.717, 1.165) is 6.42 Å². The fraction of sp³-hybridized carbons (Fsp3) is 0.467. The van der Waals surface area contributed by atoms with Gasteiger partial charge in [0.2, 0.25) is 0 Å². The van der Waals surface area contributed by atoms with Crippen LogP contribution in [-0.4, -0.2) is 73.6 Å². The Bertz CT molecular complexity index is 1150. The number of aliphatic hydroxyl groups excluding tert-OH is 1. The second-order valence-corrected chi connectivity index (χ2v) is 10.4. The number of nitrogens with zero attached hydrogens (tertiary/aromatic N) is 2. The van der Waals surface area contributed by atoms with E-state index in [-0.39, 0.29) is 17.4 Å². The molecule has 1 amide bonds. The second kappa shape index (κ2) is 12.8. The normalized spacial score (nSPS) is 17.1.